The molecule has 2 saturated heterocycles. The van der Waals surface area contributed by atoms with Crippen LogP contribution in [-0.4, -0.2) is 51.8 Å². The highest BCUT2D eigenvalue weighted by Gasteiger charge is 2.40. The molecule has 146 valence electrons. The van der Waals surface area contributed by atoms with Gasteiger partial charge in [0.2, 0.25) is 5.91 Å². The molecular formula is C22H25N3O3. The third-order valence-corrected chi connectivity index (χ3v) is 6.08. The first-order valence-corrected chi connectivity index (χ1v) is 9.84. The summed E-state index contributed by atoms with van der Waals surface area (Å²) in [5.41, 5.74) is 0.892. The number of H-pyrrole nitrogens is 1. The highest BCUT2D eigenvalue weighted by molar-refractivity contribution is 5.99. The van der Waals surface area contributed by atoms with Crippen LogP contribution in [0.1, 0.15) is 41.7 Å². The van der Waals surface area contributed by atoms with Crippen LogP contribution in [0.2, 0.25) is 0 Å². The van der Waals surface area contributed by atoms with Gasteiger partial charge in [0.1, 0.15) is 5.69 Å². The molecule has 6 nitrogen and oxygen atoms in total. The minimum Gasteiger partial charge on any atom is -0.335 e. The van der Waals surface area contributed by atoms with E-state index in [1.165, 1.54) is 0 Å². The monoisotopic (exact) mass is 379 g/mol. The molecule has 2 aromatic rings. The number of rotatable bonds is 3. The van der Waals surface area contributed by atoms with Gasteiger partial charge in [-0.2, -0.15) is 0 Å². The molecule has 2 fully saturated rings. The van der Waals surface area contributed by atoms with E-state index in [1.807, 2.05) is 30.0 Å². The summed E-state index contributed by atoms with van der Waals surface area (Å²) >= 11 is 0. The number of likely N-dealkylation sites (tertiary alicyclic amines) is 1. The predicted molar refractivity (Wildman–Crippen MR) is 108 cm³/mol. The van der Waals surface area contributed by atoms with Crippen LogP contribution < -0.4 is 5.56 Å². The first-order chi connectivity index (χ1) is 13.5. The lowest BCUT2D eigenvalue weighted by molar-refractivity contribution is -0.132. The number of hydrogen-bond donors (Lipinski definition) is 1. The Balaban J connectivity index is 1.64. The van der Waals surface area contributed by atoms with Crippen molar-refractivity contribution in [3.63, 3.8) is 0 Å². The first kappa shape index (κ1) is 18.5. The van der Waals surface area contributed by atoms with Gasteiger partial charge in [0.25, 0.3) is 11.5 Å². The summed E-state index contributed by atoms with van der Waals surface area (Å²) in [6.45, 7) is 6.64. The van der Waals surface area contributed by atoms with E-state index in [4.69, 9.17) is 0 Å². The summed E-state index contributed by atoms with van der Waals surface area (Å²) in [5, 5.41) is 1.39. The average Bonchev–Trinajstić information content (AvgIpc) is 2.98. The van der Waals surface area contributed by atoms with E-state index in [-0.39, 0.29) is 29.5 Å². The van der Waals surface area contributed by atoms with Crippen molar-refractivity contribution in [1.29, 1.82) is 0 Å². The fraction of sp³-hybridized carbons (Fsp3) is 0.409. The second-order valence-electron chi connectivity index (χ2n) is 7.72. The number of aryl methyl sites for hydroxylation is 1. The molecule has 1 N–H and O–H groups in total. The Labute approximate surface area is 163 Å². The van der Waals surface area contributed by atoms with Gasteiger partial charge in [-0.05, 0) is 43.2 Å². The normalized spacial score (nSPS) is 21.6. The van der Waals surface area contributed by atoms with E-state index in [1.54, 1.807) is 17.0 Å². The Morgan fingerprint density at radius 2 is 1.89 bits per heavy atom. The van der Waals surface area contributed by atoms with Crippen LogP contribution in [0.5, 0.6) is 0 Å². The first-order valence-electron chi connectivity index (χ1n) is 9.84. The van der Waals surface area contributed by atoms with Gasteiger partial charge >= 0.3 is 0 Å². The van der Waals surface area contributed by atoms with Crippen molar-refractivity contribution in [1.82, 2.24) is 14.8 Å². The number of pyridine rings is 1. The Morgan fingerprint density at radius 3 is 2.64 bits per heavy atom. The molecule has 6 heteroatoms. The van der Waals surface area contributed by atoms with Gasteiger partial charge in [0, 0.05) is 37.0 Å². The van der Waals surface area contributed by atoms with E-state index < -0.39 is 0 Å². The summed E-state index contributed by atoms with van der Waals surface area (Å²) in [7, 11) is 0. The number of aromatic amines is 1. The number of nitrogens with one attached hydrogen (secondary N) is 1. The molecule has 2 aliphatic heterocycles. The Morgan fingerprint density at radius 1 is 1.18 bits per heavy atom. The van der Waals surface area contributed by atoms with Crippen molar-refractivity contribution in [2.75, 3.05) is 13.1 Å². The van der Waals surface area contributed by atoms with Gasteiger partial charge in [-0.25, -0.2) is 0 Å². The smallest absolute Gasteiger partial charge is 0.270 e. The number of aromatic nitrogens is 1. The molecule has 28 heavy (non-hydrogen) atoms. The van der Waals surface area contributed by atoms with Gasteiger partial charge < -0.3 is 14.8 Å². The molecule has 4 rings (SSSR count). The van der Waals surface area contributed by atoms with E-state index >= 15 is 0 Å². The summed E-state index contributed by atoms with van der Waals surface area (Å²) in [5.74, 6) is -0.0730. The van der Waals surface area contributed by atoms with Crippen molar-refractivity contribution in [3.05, 3.63) is 58.5 Å². The SMILES string of the molecule is C=CCC(=O)N1C2CCC1CN(C(=O)c1[nH]c(=O)c3ccccc3c1C)CC2. The van der Waals surface area contributed by atoms with Crippen molar-refractivity contribution < 1.29 is 9.59 Å². The fourth-order valence-electron chi connectivity index (χ4n) is 4.68. The summed E-state index contributed by atoms with van der Waals surface area (Å²) in [6, 6.07) is 7.55. The maximum atomic E-state index is 13.3. The molecule has 2 bridgehead atoms. The molecule has 2 amide bonds. The van der Waals surface area contributed by atoms with Crippen molar-refractivity contribution >= 4 is 22.6 Å². The van der Waals surface area contributed by atoms with Crippen LogP contribution in [0.15, 0.2) is 41.7 Å². The predicted octanol–water partition coefficient (Wildman–Crippen LogP) is 2.62. The standard InChI is InChI=1S/C22H25N3O3/c1-3-6-19(26)25-15-9-10-16(25)13-24(12-11-15)22(28)20-14(2)17-7-4-5-8-18(17)21(27)23-20/h3-5,7-8,15-16H,1,6,9-13H2,2H3,(H,23,27). The molecule has 0 radical (unpaired) electrons. The molecule has 0 spiro atoms. The van der Waals surface area contributed by atoms with Gasteiger partial charge in [-0.15, -0.1) is 6.58 Å². The summed E-state index contributed by atoms with van der Waals surface area (Å²) < 4.78 is 0. The van der Waals surface area contributed by atoms with E-state index in [0.717, 1.165) is 30.2 Å². The van der Waals surface area contributed by atoms with Crippen LogP contribution in [0.25, 0.3) is 10.8 Å². The zero-order valence-electron chi connectivity index (χ0n) is 16.1. The minimum absolute atomic E-state index is 0.0383. The molecule has 0 aliphatic carbocycles. The van der Waals surface area contributed by atoms with Crippen LogP contribution in [-0.2, 0) is 4.79 Å². The quantitative estimate of drug-likeness (QED) is 0.833. The van der Waals surface area contributed by atoms with Crippen molar-refractivity contribution in [3.8, 4) is 0 Å². The van der Waals surface area contributed by atoms with Crippen LogP contribution in [0.4, 0.5) is 0 Å². The zero-order chi connectivity index (χ0) is 19.8. The van der Waals surface area contributed by atoms with Crippen LogP contribution in [0.3, 0.4) is 0 Å². The number of nitrogens with zero attached hydrogens (tertiary/aromatic N) is 2. The van der Waals surface area contributed by atoms with Crippen molar-refractivity contribution in [2.24, 2.45) is 0 Å². The van der Waals surface area contributed by atoms with Gasteiger partial charge in [0.05, 0.1) is 0 Å². The molecular weight excluding hydrogens is 354 g/mol. The number of hydrogen-bond acceptors (Lipinski definition) is 3. The van der Waals surface area contributed by atoms with E-state index in [0.29, 0.717) is 30.6 Å². The molecule has 2 unspecified atom stereocenters. The van der Waals surface area contributed by atoms with E-state index in [2.05, 4.69) is 11.6 Å². The molecule has 0 saturated carbocycles. The summed E-state index contributed by atoms with van der Waals surface area (Å²) in [4.78, 5) is 44.8. The zero-order valence-corrected chi connectivity index (χ0v) is 16.1. The third-order valence-electron chi connectivity index (χ3n) is 6.08. The number of carbonyl (C=O) groups is 2. The highest BCUT2D eigenvalue weighted by Crippen LogP contribution is 2.31. The lowest BCUT2D eigenvalue weighted by Crippen LogP contribution is -2.44. The lowest BCUT2D eigenvalue weighted by atomic mass is 10.0. The molecule has 2 aliphatic rings. The van der Waals surface area contributed by atoms with Gasteiger partial charge in [-0.3, -0.25) is 14.4 Å². The molecule has 1 aromatic carbocycles. The Kier molecular flexibility index (Phi) is 4.79. The molecule has 1 aromatic heterocycles. The topological polar surface area (TPSA) is 73.5 Å². The number of fused-ring (bicyclic) bond motifs is 3. The Bertz CT molecular complexity index is 1010. The van der Waals surface area contributed by atoms with Crippen LogP contribution >= 0.6 is 0 Å². The number of carbonyl (C=O) groups excluding carboxylic acids is 2. The number of benzene rings is 1. The van der Waals surface area contributed by atoms with Gasteiger partial charge in [-0.1, -0.05) is 24.3 Å². The third kappa shape index (κ3) is 3.03. The maximum Gasteiger partial charge on any atom is 0.270 e. The van der Waals surface area contributed by atoms with Gasteiger partial charge in [0.15, 0.2) is 0 Å². The lowest BCUT2D eigenvalue weighted by Gasteiger charge is -2.29. The van der Waals surface area contributed by atoms with Crippen LogP contribution in [0, 0.1) is 6.92 Å². The second kappa shape index (κ2) is 7.26. The molecule has 2 atom stereocenters. The fourth-order valence-corrected chi connectivity index (χ4v) is 4.68. The van der Waals surface area contributed by atoms with Crippen molar-refractivity contribution in [2.45, 2.75) is 44.7 Å². The van der Waals surface area contributed by atoms with E-state index in [9.17, 15) is 14.4 Å². The second-order valence-corrected chi connectivity index (χ2v) is 7.72. The Hall–Kier alpha value is -2.89. The minimum atomic E-state index is -0.247. The maximum absolute atomic E-state index is 13.3. The largest absolute Gasteiger partial charge is 0.335 e. The summed E-state index contributed by atoms with van der Waals surface area (Å²) in [6.07, 6.45) is 4.63. The molecule has 3 heterocycles. The highest BCUT2D eigenvalue weighted by atomic mass is 16.2. The number of amides is 2. The average molecular weight is 379 g/mol.